The van der Waals surface area contributed by atoms with Crippen molar-refractivity contribution in [3.63, 3.8) is 0 Å². The van der Waals surface area contributed by atoms with Gasteiger partial charge in [0, 0.05) is 25.7 Å². The molecule has 1 amide bonds. The number of anilines is 1. The van der Waals surface area contributed by atoms with Gasteiger partial charge in [0.05, 0.1) is 5.10 Å². The Morgan fingerprint density at radius 3 is 2.70 bits per heavy atom. The van der Waals surface area contributed by atoms with E-state index in [0.29, 0.717) is 54.9 Å². The monoisotopic (exact) mass is 376 g/mol. The summed E-state index contributed by atoms with van der Waals surface area (Å²) in [6.07, 6.45) is 1.01. The SMILES string of the molecule is CC(C)(C)OC(=O)N(CCCN)CCCNc1nc2ccccc2[n+]([O-])n1. The van der Waals surface area contributed by atoms with Gasteiger partial charge in [-0.3, -0.25) is 0 Å². The maximum absolute atomic E-state index is 12.3. The van der Waals surface area contributed by atoms with Crippen molar-refractivity contribution < 1.29 is 14.4 Å². The summed E-state index contributed by atoms with van der Waals surface area (Å²) in [6, 6.07) is 7.00. The van der Waals surface area contributed by atoms with E-state index >= 15 is 0 Å². The highest BCUT2D eigenvalue weighted by molar-refractivity contribution is 5.71. The number of hydrogen-bond acceptors (Lipinski definition) is 7. The van der Waals surface area contributed by atoms with E-state index in [1.165, 1.54) is 0 Å². The first-order valence-corrected chi connectivity index (χ1v) is 9.08. The van der Waals surface area contributed by atoms with Crippen molar-refractivity contribution in [1.29, 1.82) is 0 Å². The molecule has 0 aliphatic heterocycles. The van der Waals surface area contributed by atoms with Crippen molar-refractivity contribution in [2.75, 3.05) is 31.5 Å². The predicted molar refractivity (Wildman–Crippen MR) is 103 cm³/mol. The third-order valence-electron chi connectivity index (χ3n) is 3.67. The first-order chi connectivity index (χ1) is 12.8. The van der Waals surface area contributed by atoms with E-state index in [1.54, 1.807) is 23.1 Å². The highest BCUT2D eigenvalue weighted by Gasteiger charge is 2.21. The molecular weight excluding hydrogens is 348 g/mol. The van der Waals surface area contributed by atoms with Crippen molar-refractivity contribution in [2.24, 2.45) is 5.73 Å². The average molecular weight is 376 g/mol. The maximum atomic E-state index is 12.3. The second-order valence-electron chi connectivity index (χ2n) is 7.19. The van der Waals surface area contributed by atoms with Gasteiger partial charge in [0.15, 0.2) is 0 Å². The molecule has 0 saturated carbocycles. The minimum atomic E-state index is -0.545. The zero-order valence-electron chi connectivity index (χ0n) is 16.1. The zero-order chi connectivity index (χ0) is 19.9. The molecule has 0 bridgehead atoms. The fraction of sp³-hybridized carbons (Fsp3) is 0.556. The summed E-state index contributed by atoms with van der Waals surface area (Å²) < 4.78 is 5.43. The van der Waals surface area contributed by atoms with Crippen LogP contribution in [0.25, 0.3) is 11.0 Å². The Morgan fingerprint density at radius 1 is 1.30 bits per heavy atom. The van der Waals surface area contributed by atoms with Crippen LogP contribution in [0.2, 0.25) is 0 Å². The van der Waals surface area contributed by atoms with E-state index in [-0.39, 0.29) is 12.0 Å². The van der Waals surface area contributed by atoms with Gasteiger partial charge in [0.1, 0.15) is 11.1 Å². The minimum Gasteiger partial charge on any atom is -0.594 e. The average Bonchev–Trinajstić information content (AvgIpc) is 2.59. The molecule has 3 N–H and O–H groups in total. The van der Waals surface area contributed by atoms with Crippen LogP contribution in [0.4, 0.5) is 10.7 Å². The second kappa shape index (κ2) is 9.31. The highest BCUT2D eigenvalue weighted by Crippen LogP contribution is 2.11. The molecule has 148 valence electrons. The maximum Gasteiger partial charge on any atom is 0.410 e. The number of benzene rings is 1. The van der Waals surface area contributed by atoms with Crippen molar-refractivity contribution in [3.8, 4) is 0 Å². The number of rotatable bonds is 8. The van der Waals surface area contributed by atoms with Gasteiger partial charge >= 0.3 is 6.09 Å². The number of para-hydroxylation sites is 2. The van der Waals surface area contributed by atoms with Crippen molar-refractivity contribution in [3.05, 3.63) is 29.5 Å². The third-order valence-corrected chi connectivity index (χ3v) is 3.67. The normalized spacial score (nSPS) is 11.4. The summed E-state index contributed by atoms with van der Waals surface area (Å²) in [4.78, 5) is 18.8. The number of nitrogens with two attached hydrogens (primary N) is 1. The Labute approximate surface area is 159 Å². The first-order valence-electron chi connectivity index (χ1n) is 9.08. The molecule has 2 rings (SSSR count). The molecule has 0 aliphatic rings. The Bertz CT molecular complexity index is 762. The Morgan fingerprint density at radius 2 is 2.00 bits per heavy atom. The largest absolute Gasteiger partial charge is 0.594 e. The predicted octanol–water partition coefficient (Wildman–Crippen LogP) is 1.65. The second-order valence-corrected chi connectivity index (χ2v) is 7.19. The molecule has 0 radical (unpaired) electrons. The molecule has 1 aromatic carbocycles. The van der Waals surface area contributed by atoms with Crippen LogP contribution in [0.3, 0.4) is 0 Å². The molecule has 1 heterocycles. The van der Waals surface area contributed by atoms with E-state index in [4.69, 9.17) is 10.5 Å². The zero-order valence-corrected chi connectivity index (χ0v) is 16.1. The van der Waals surface area contributed by atoms with Crippen LogP contribution in [-0.4, -0.2) is 52.9 Å². The number of amides is 1. The molecule has 0 aliphatic carbocycles. The van der Waals surface area contributed by atoms with Crippen molar-refractivity contribution in [1.82, 2.24) is 15.0 Å². The fourth-order valence-electron chi connectivity index (χ4n) is 2.44. The van der Waals surface area contributed by atoms with Gasteiger partial charge in [-0.25, -0.2) is 9.78 Å². The van der Waals surface area contributed by atoms with Crippen LogP contribution < -0.4 is 15.9 Å². The van der Waals surface area contributed by atoms with Crippen LogP contribution in [0, 0.1) is 5.21 Å². The lowest BCUT2D eigenvalue weighted by Crippen LogP contribution is -2.39. The molecule has 2 aromatic rings. The van der Waals surface area contributed by atoms with Gasteiger partial charge in [-0.1, -0.05) is 12.1 Å². The molecular formula is C18H28N6O3. The topological polar surface area (TPSA) is 120 Å². The van der Waals surface area contributed by atoms with E-state index < -0.39 is 5.60 Å². The quantitative estimate of drug-likeness (QED) is 0.408. The van der Waals surface area contributed by atoms with Gasteiger partial charge < -0.3 is 25.9 Å². The van der Waals surface area contributed by atoms with Crippen molar-refractivity contribution in [2.45, 2.75) is 39.2 Å². The van der Waals surface area contributed by atoms with E-state index in [2.05, 4.69) is 15.4 Å². The summed E-state index contributed by atoms with van der Waals surface area (Å²) >= 11 is 0. The minimum absolute atomic E-state index is 0.259. The van der Waals surface area contributed by atoms with Crippen molar-refractivity contribution >= 4 is 23.1 Å². The van der Waals surface area contributed by atoms with Crippen LogP contribution >= 0.6 is 0 Å². The molecule has 1 aromatic heterocycles. The molecule has 9 heteroatoms. The number of aromatic nitrogens is 3. The number of hydrogen-bond donors (Lipinski definition) is 2. The van der Waals surface area contributed by atoms with Gasteiger partial charge in [0.2, 0.25) is 0 Å². The number of carbonyl (C=O) groups is 1. The Hall–Kier alpha value is -2.68. The summed E-state index contributed by atoms with van der Waals surface area (Å²) in [6.45, 7) is 7.58. The molecule has 0 fully saturated rings. The number of ether oxygens (including phenoxy) is 1. The summed E-state index contributed by atoms with van der Waals surface area (Å²) in [5.41, 5.74) is 6.00. The summed E-state index contributed by atoms with van der Waals surface area (Å²) in [5.74, 6) is 0.259. The molecule has 27 heavy (non-hydrogen) atoms. The van der Waals surface area contributed by atoms with Gasteiger partial charge in [-0.2, -0.15) is 0 Å². The standard InChI is InChI=1S/C18H28N6O3/c1-18(2,3)27-17(25)23(12-6-10-19)13-7-11-20-16-21-14-8-4-5-9-15(14)24(26)22-16/h4-5,8-9H,6-7,10-13,19H2,1-3H3,(H,20,21,22). The summed E-state index contributed by atoms with van der Waals surface area (Å²) in [5, 5.41) is 18.8. The Balaban J connectivity index is 1.89. The Kier molecular flexibility index (Phi) is 7.12. The number of carbonyl (C=O) groups excluding carboxylic acids is 1. The number of nitrogens with one attached hydrogen (secondary N) is 1. The molecule has 0 unspecified atom stereocenters. The number of fused-ring (bicyclic) bond motifs is 1. The van der Waals surface area contributed by atoms with E-state index in [1.807, 2.05) is 26.8 Å². The molecule has 9 nitrogen and oxygen atoms in total. The third kappa shape index (κ3) is 6.52. The molecule has 0 spiro atoms. The van der Waals surface area contributed by atoms with E-state index in [0.717, 1.165) is 0 Å². The van der Waals surface area contributed by atoms with Gasteiger partial charge in [0.25, 0.3) is 11.5 Å². The van der Waals surface area contributed by atoms with E-state index in [9.17, 15) is 10.0 Å². The van der Waals surface area contributed by atoms with Gasteiger partial charge in [-0.05, 0) is 51.1 Å². The van der Waals surface area contributed by atoms with Crippen LogP contribution in [0.5, 0.6) is 0 Å². The lowest BCUT2D eigenvalue weighted by Gasteiger charge is -2.27. The molecule has 0 saturated heterocycles. The summed E-state index contributed by atoms with van der Waals surface area (Å²) in [7, 11) is 0. The van der Waals surface area contributed by atoms with Crippen LogP contribution in [0.1, 0.15) is 33.6 Å². The van der Waals surface area contributed by atoms with Crippen LogP contribution in [-0.2, 0) is 4.74 Å². The fourth-order valence-corrected chi connectivity index (χ4v) is 2.44. The molecule has 0 atom stereocenters. The number of nitrogens with zero attached hydrogens (tertiary/aromatic N) is 4. The highest BCUT2D eigenvalue weighted by atomic mass is 16.6. The lowest BCUT2D eigenvalue weighted by molar-refractivity contribution is -0.641. The van der Waals surface area contributed by atoms with Gasteiger partial charge in [-0.15, -0.1) is 0 Å². The van der Waals surface area contributed by atoms with Crippen LogP contribution in [0.15, 0.2) is 24.3 Å². The lowest BCUT2D eigenvalue weighted by atomic mass is 10.2. The first kappa shape index (κ1) is 20.6. The smallest absolute Gasteiger partial charge is 0.410 e.